The Morgan fingerprint density at radius 2 is 2.17 bits per heavy atom. The largest absolute Gasteiger partial charge is 0.464 e. The van der Waals surface area contributed by atoms with E-state index in [4.69, 9.17) is 4.74 Å². The van der Waals surface area contributed by atoms with Crippen molar-refractivity contribution in [2.24, 2.45) is 0 Å². The summed E-state index contributed by atoms with van der Waals surface area (Å²) in [7, 11) is 2.92. The lowest BCUT2D eigenvalue weighted by Gasteiger charge is -2.03. The molecule has 10 heteroatoms. The van der Waals surface area contributed by atoms with Gasteiger partial charge in [-0.15, -0.1) is 23.7 Å². The first-order chi connectivity index (χ1) is 11.1. The number of methoxy groups -OCH3 is 2. The second-order valence-corrected chi connectivity index (χ2v) is 5.41. The number of carbonyl (C=O) groups excluding carboxylic acids is 2. The van der Waals surface area contributed by atoms with Crippen molar-refractivity contribution in [3.8, 4) is 11.3 Å². The minimum Gasteiger partial charge on any atom is -0.464 e. The number of hydrogen-bond acceptors (Lipinski definition) is 7. The van der Waals surface area contributed by atoms with Gasteiger partial charge in [0.2, 0.25) is 5.91 Å². The van der Waals surface area contributed by atoms with Crippen LogP contribution in [0.3, 0.4) is 0 Å². The maximum atomic E-state index is 11.7. The standard InChI is InChI=1S/C14H18N4O4S.ClH/c1-21-4-3-15-7-12(19)18-14-17-11(8-23-14)9-5-10(16-6-9)13(20)22-2;/h5-6,8,15-16H,3-4,7H2,1-2H3,(H,17,18,19);1H. The van der Waals surface area contributed by atoms with E-state index in [0.29, 0.717) is 29.7 Å². The van der Waals surface area contributed by atoms with Crippen LogP contribution in [0.4, 0.5) is 5.13 Å². The number of anilines is 1. The molecule has 0 aliphatic heterocycles. The fourth-order valence-corrected chi connectivity index (χ4v) is 2.51. The molecule has 2 aromatic heterocycles. The van der Waals surface area contributed by atoms with Crippen LogP contribution in [-0.2, 0) is 14.3 Å². The third-order valence-corrected chi connectivity index (χ3v) is 3.66. The number of aromatic nitrogens is 2. The molecule has 2 rings (SSSR count). The zero-order chi connectivity index (χ0) is 16.7. The van der Waals surface area contributed by atoms with Crippen LogP contribution in [0.15, 0.2) is 17.6 Å². The molecule has 132 valence electrons. The summed E-state index contributed by atoms with van der Waals surface area (Å²) in [6, 6.07) is 1.65. The predicted octanol–water partition coefficient (Wildman–Crippen LogP) is 1.52. The zero-order valence-corrected chi connectivity index (χ0v) is 14.9. The highest BCUT2D eigenvalue weighted by Gasteiger charge is 2.12. The lowest BCUT2D eigenvalue weighted by molar-refractivity contribution is -0.115. The average Bonchev–Trinajstić information content (AvgIpc) is 3.19. The number of carbonyl (C=O) groups is 2. The van der Waals surface area contributed by atoms with Crippen molar-refractivity contribution in [3.63, 3.8) is 0 Å². The summed E-state index contributed by atoms with van der Waals surface area (Å²) >= 11 is 1.31. The van der Waals surface area contributed by atoms with Gasteiger partial charge < -0.3 is 25.1 Å². The van der Waals surface area contributed by atoms with Gasteiger partial charge in [-0.05, 0) is 6.07 Å². The lowest BCUT2D eigenvalue weighted by Crippen LogP contribution is -2.30. The molecule has 0 unspecified atom stereocenters. The van der Waals surface area contributed by atoms with E-state index in [1.54, 1.807) is 24.8 Å². The summed E-state index contributed by atoms with van der Waals surface area (Å²) in [6.07, 6.45) is 1.67. The van der Waals surface area contributed by atoms with E-state index >= 15 is 0 Å². The number of hydrogen-bond donors (Lipinski definition) is 3. The van der Waals surface area contributed by atoms with E-state index in [2.05, 4.69) is 25.3 Å². The summed E-state index contributed by atoms with van der Waals surface area (Å²) < 4.78 is 9.52. The van der Waals surface area contributed by atoms with Crippen LogP contribution in [0.1, 0.15) is 10.5 Å². The van der Waals surface area contributed by atoms with E-state index in [1.807, 2.05) is 0 Å². The van der Waals surface area contributed by atoms with Gasteiger partial charge in [-0.1, -0.05) is 0 Å². The number of aromatic amines is 1. The molecule has 3 N–H and O–H groups in total. The molecule has 8 nitrogen and oxygen atoms in total. The molecule has 0 aromatic carbocycles. The summed E-state index contributed by atoms with van der Waals surface area (Å²) in [5, 5.41) is 7.97. The molecule has 2 heterocycles. The van der Waals surface area contributed by atoms with Gasteiger partial charge in [-0.2, -0.15) is 0 Å². The molecule has 0 atom stereocenters. The highest BCUT2D eigenvalue weighted by Crippen LogP contribution is 2.25. The van der Waals surface area contributed by atoms with Gasteiger partial charge in [0.15, 0.2) is 5.13 Å². The molecule has 0 radical (unpaired) electrons. The maximum absolute atomic E-state index is 11.7. The van der Waals surface area contributed by atoms with Crippen molar-refractivity contribution in [1.29, 1.82) is 0 Å². The molecule has 0 spiro atoms. The van der Waals surface area contributed by atoms with Crippen molar-refractivity contribution >= 4 is 40.8 Å². The zero-order valence-electron chi connectivity index (χ0n) is 13.3. The van der Waals surface area contributed by atoms with Crippen molar-refractivity contribution in [1.82, 2.24) is 15.3 Å². The Balaban J connectivity index is 0.00000288. The molecule has 0 saturated heterocycles. The first-order valence-electron chi connectivity index (χ1n) is 6.86. The highest BCUT2D eigenvalue weighted by molar-refractivity contribution is 7.14. The molecule has 0 aliphatic carbocycles. The quantitative estimate of drug-likeness (QED) is 0.478. The minimum absolute atomic E-state index is 0. The van der Waals surface area contributed by atoms with Gasteiger partial charge in [-0.25, -0.2) is 9.78 Å². The summed E-state index contributed by atoms with van der Waals surface area (Å²) in [6.45, 7) is 1.34. The van der Waals surface area contributed by atoms with E-state index in [0.717, 1.165) is 5.56 Å². The van der Waals surface area contributed by atoms with Gasteiger partial charge >= 0.3 is 5.97 Å². The lowest BCUT2D eigenvalue weighted by atomic mass is 10.2. The highest BCUT2D eigenvalue weighted by atomic mass is 35.5. The first-order valence-corrected chi connectivity index (χ1v) is 7.74. The van der Waals surface area contributed by atoms with Crippen LogP contribution in [-0.4, -0.2) is 55.8 Å². The van der Waals surface area contributed by atoms with Crippen LogP contribution in [0.5, 0.6) is 0 Å². The van der Waals surface area contributed by atoms with Gasteiger partial charge in [0.1, 0.15) is 5.69 Å². The summed E-state index contributed by atoms with van der Waals surface area (Å²) in [4.78, 5) is 30.3. The number of nitrogens with zero attached hydrogens (tertiary/aromatic N) is 1. The molecular formula is C14H19ClN4O4S. The maximum Gasteiger partial charge on any atom is 0.354 e. The molecule has 0 saturated carbocycles. The topological polar surface area (TPSA) is 105 Å². The number of ether oxygens (including phenoxy) is 2. The Morgan fingerprint density at radius 3 is 2.88 bits per heavy atom. The van der Waals surface area contributed by atoms with Crippen LogP contribution in [0, 0.1) is 0 Å². The van der Waals surface area contributed by atoms with E-state index in [1.165, 1.54) is 18.4 Å². The fraction of sp³-hybridized carbons (Fsp3) is 0.357. The van der Waals surface area contributed by atoms with Gasteiger partial charge in [0.05, 0.1) is 26.0 Å². The average molecular weight is 375 g/mol. The van der Waals surface area contributed by atoms with Crippen molar-refractivity contribution in [3.05, 3.63) is 23.3 Å². The number of amides is 1. The Morgan fingerprint density at radius 1 is 1.38 bits per heavy atom. The van der Waals surface area contributed by atoms with Gasteiger partial charge in [-0.3, -0.25) is 4.79 Å². The number of esters is 1. The molecule has 0 aliphatic rings. The van der Waals surface area contributed by atoms with Crippen LogP contribution in [0.2, 0.25) is 0 Å². The Hall–Kier alpha value is -1.94. The Labute approximate surface area is 149 Å². The molecule has 24 heavy (non-hydrogen) atoms. The monoisotopic (exact) mass is 374 g/mol. The molecule has 0 bridgehead atoms. The summed E-state index contributed by atoms with van der Waals surface area (Å²) in [5.41, 5.74) is 1.77. The van der Waals surface area contributed by atoms with Crippen molar-refractivity contribution in [2.75, 3.05) is 39.2 Å². The molecule has 2 aromatic rings. The second kappa shape index (κ2) is 10.0. The van der Waals surface area contributed by atoms with Crippen molar-refractivity contribution < 1.29 is 19.1 Å². The Bertz CT molecular complexity index is 673. The van der Waals surface area contributed by atoms with E-state index < -0.39 is 5.97 Å². The molecular weight excluding hydrogens is 356 g/mol. The SMILES string of the molecule is COCCNCC(=O)Nc1nc(-c2c[nH]c(C(=O)OC)c2)cs1.Cl. The Kier molecular flexibility index (Phi) is 8.41. The minimum atomic E-state index is -0.442. The van der Waals surface area contributed by atoms with Gasteiger partial charge in [0, 0.05) is 30.8 Å². The van der Waals surface area contributed by atoms with Crippen LogP contribution >= 0.6 is 23.7 Å². The smallest absolute Gasteiger partial charge is 0.354 e. The first kappa shape index (κ1) is 20.1. The van der Waals surface area contributed by atoms with Crippen LogP contribution in [0.25, 0.3) is 11.3 Å². The number of H-pyrrole nitrogens is 1. The summed E-state index contributed by atoms with van der Waals surface area (Å²) in [5.74, 6) is -0.617. The van der Waals surface area contributed by atoms with Crippen LogP contribution < -0.4 is 10.6 Å². The number of rotatable bonds is 8. The van der Waals surface area contributed by atoms with Gasteiger partial charge in [0.25, 0.3) is 0 Å². The van der Waals surface area contributed by atoms with Crippen molar-refractivity contribution in [2.45, 2.75) is 0 Å². The third kappa shape index (κ3) is 5.60. The number of nitrogens with one attached hydrogen (secondary N) is 3. The molecule has 0 fully saturated rings. The van der Waals surface area contributed by atoms with E-state index in [9.17, 15) is 9.59 Å². The second-order valence-electron chi connectivity index (χ2n) is 4.55. The predicted molar refractivity (Wildman–Crippen MR) is 93.9 cm³/mol. The normalized spacial score (nSPS) is 10.1. The number of thiazole rings is 1. The third-order valence-electron chi connectivity index (χ3n) is 2.90. The fourth-order valence-electron chi connectivity index (χ4n) is 1.77. The molecule has 1 amide bonds. The van der Waals surface area contributed by atoms with E-state index in [-0.39, 0.29) is 24.9 Å². The number of halogens is 1.